The van der Waals surface area contributed by atoms with Crippen LogP contribution >= 0.6 is 0 Å². The van der Waals surface area contributed by atoms with Crippen LogP contribution < -0.4 is 5.73 Å². The van der Waals surface area contributed by atoms with Gasteiger partial charge in [0.25, 0.3) is 0 Å². The second-order valence-electron chi connectivity index (χ2n) is 4.70. The summed E-state index contributed by atoms with van der Waals surface area (Å²) in [5.74, 6) is -1.04. The van der Waals surface area contributed by atoms with E-state index < -0.39 is 23.8 Å². The Hall–Kier alpha value is -1.85. The summed E-state index contributed by atoms with van der Waals surface area (Å²) in [6.45, 7) is 0. The Morgan fingerprint density at radius 2 is 1.95 bits per heavy atom. The van der Waals surface area contributed by atoms with Crippen molar-refractivity contribution in [2.75, 3.05) is 0 Å². The molecule has 1 aromatic carbocycles. The fourth-order valence-corrected chi connectivity index (χ4v) is 1.97. The maximum Gasteiger partial charge on any atom is 0.126 e. The van der Waals surface area contributed by atoms with Crippen LogP contribution in [0.25, 0.3) is 0 Å². The second-order valence-corrected chi connectivity index (χ2v) is 4.70. The lowest BCUT2D eigenvalue weighted by atomic mass is 9.98. The molecular formula is C15H16F2N2O. The molecule has 0 aliphatic carbocycles. The first-order valence-corrected chi connectivity index (χ1v) is 6.33. The molecule has 0 spiro atoms. The first kappa shape index (κ1) is 14.6. The molecule has 2 aromatic rings. The quantitative estimate of drug-likeness (QED) is 0.877. The molecule has 0 saturated carbocycles. The number of benzene rings is 1. The Bertz CT molecular complexity index is 563. The maximum absolute atomic E-state index is 13.5. The van der Waals surface area contributed by atoms with Gasteiger partial charge in [0.1, 0.15) is 11.6 Å². The fourth-order valence-electron chi connectivity index (χ4n) is 1.97. The molecule has 106 valence electrons. The lowest BCUT2D eigenvalue weighted by Crippen LogP contribution is -2.38. The minimum atomic E-state index is -0.868. The Labute approximate surface area is 116 Å². The number of aromatic nitrogens is 1. The number of halogens is 2. The van der Waals surface area contributed by atoms with Gasteiger partial charge in [-0.05, 0) is 42.3 Å². The molecule has 0 aliphatic heterocycles. The second kappa shape index (κ2) is 6.54. The van der Waals surface area contributed by atoms with E-state index in [0.29, 0.717) is 5.69 Å². The molecule has 3 nitrogen and oxygen atoms in total. The molecule has 0 unspecified atom stereocenters. The molecule has 1 aromatic heterocycles. The molecule has 2 rings (SSSR count). The van der Waals surface area contributed by atoms with Crippen molar-refractivity contribution in [2.45, 2.75) is 25.0 Å². The summed E-state index contributed by atoms with van der Waals surface area (Å²) < 4.78 is 26.6. The van der Waals surface area contributed by atoms with Crippen LogP contribution in [0.5, 0.6) is 0 Å². The van der Waals surface area contributed by atoms with Gasteiger partial charge >= 0.3 is 0 Å². The van der Waals surface area contributed by atoms with Crippen molar-refractivity contribution in [3.05, 3.63) is 65.5 Å². The maximum atomic E-state index is 13.5. The van der Waals surface area contributed by atoms with Crippen LogP contribution in [0.15, 0.2) is 42.6 Å². The molecule has 0 saturated heterocycles. The van der Waals surface area contributed by atoms with Crippen molar-refractivity contribution in [1.29, 1.82) is 0 Å². The van der Waals surface area contributed by atoms with Crippen molar-refractivity contribution >= 4 is 0 Å². The van der Waals surface area contributed by atoms with E-state index in [1.54, 1.807) is 18.3 Å². The van der Waals surface area contributed by atoms with Gasteiger partial charge in [-0.1, -0.05) is 6.07 Å². The minimum Gasteiger partial charge on any atom is -0.391 e. The highest BCUT2D eigenvalue weighted by atomic mass is 19.1. The number of pyridine rings is 1. The lowest BCUT2D eigenvalue weighted by Gasteiger charge is -2.19. The topological polar surface area (TPSA) is 59.1 Å². The molecule has 0 amide bonds. The van der Waals surface area contributed by atoms with Gasteiger partial charge in [0.2, 0.25) is 0 Å². The summed E-state index contributed by atoms with van der Waals surface area (Å²) in [5.41, 5.74) is 6.72. The van der Waals surface area contributed by atoms with Gasteiger partial charge in [-0.3, -0.25) is 4.98 Å². The number of aliphatic hydroxyl groups excluding tert-OH is 1. The summed E-state index contributed by atoms with van der Waals surface area (Å²) >= 11 is 0. The van der Waals surface area contributed by atoms with Crippen LogP contribution in [0.1, 0.15) is 11.3 Å². The van der Waals surface area contributed by atoms with E-state index in [9.17, 15) is 13.9 Å². The summed E-state index contributed by atoms with van der Waals surface area (Å²) in [5, 5.41) is 10.0. The van der Waals surface area contributed by atoms with Crippen LogP contribution in [0.2, 0.25) is 0 Å². The number of hydrogen-bond donors (Lipinski definition) is 2. The van der Waals surface area contributed by atoms with Gasteiger partial charge in [0.15, 0.2) is 0 Å². The van der Waals surface area contributed by atoms with E-state index in [1.165, 1.54) is 0 Å². The third-order valence-corrected chi connectivity index (χ3v) is 3.10. The highest BCUT2D eigenvalue weighted by Gasteiger charge is 2.18. The molecule has 20 heavy (non-hydrogen) atoms. The normalized spacial score (nSPS) is 14.0. The molecular weight excluding hydrogens is 262 g/mol. The van der Waals surface area contributed by atoms with Crippen LogP contribution in [0.4, 0.5) is 8.78 Å². The highest BCUT2D eigenvalue weighted by Crippen LogP contribution is 2.13. The molecule has 0 aliphatic rings. The van der Waals surface area contributed by atoms with Gasteiger partial charge in [0.05, 0.1) is 6.10 Å². The monoisotopic (exact) mass is 278 g/mol. The van der Waals surface area contributed by atoms with Crippen LogP contribution in [-0.2, 0) is 12.8 Å². The average molecular weight is 278 g/mol. The number of nitrogens with two attached hydrogens (primary N) is 1. The van der Waals surface area contributed by atoms with E-state index in [-0.39, 0.29) is 18.4 Å². The van der Waals surface area contributed by atoms with Crippen LogP contribution in [0.3, 0.4) is 0 Å². The number of rotatable bonds is 5. The van der Waals surface area contributed by atoms with Crippen molar-refractivity contribution in [3.63, 3.8) is 0 Å². The van der Waals surface area contributed by atoms with Crippen molar-refractivity contribution in [2.24, 2.45) is 5.73 Å². The van der Waals surface area contributed by atoms with E-state index in [4.69, 9.17) is 5.73 Å². The van der Waals surface area contributed by atoms with E-state index in [0.717, 1.165) is 18.2 Å². The highest BCUT2D eigenvalue weighted by molar-refractivity contribution is 5.20. The fraction of sp³-hybridized carbons (Fsp3) is 0.267. The molecule has 3 N–H and O–H groups in total. The predicted octanol–water partition coefficient (Wildman–Crippen LogP) is 1.83. The SMILES string of the molecule is N[C@H](Cc1cc(F)ccc1F)[C@@H](O)Cc1ccccn1. The molecule has 1 heterocycles. The minimum absolute atomic E-state index is 0.0671. The number of hydrogen-bond acceptors (Lipinski definition) is 3. The van der Waals surface area contributed by atoms with Crippen molar-refractivity contribution in [1.82, 2.24) is 4.98 Å². The first-order valence-electron chi connectivity index (χ1n) is 6.33. The lowest BCUT2D eigenvalue weighted by molar-refractivity contribution is 0.143. The zero-order valence-corrected chi connectivity index (χ0v) is 10.8. The van der Waals surface area contributed by atoms with Crippen molar-refractivity contribution in [3.8, 4) is 0 Å². The first-order chi connectivity index (χ1) is 9.56. The van der Waals surface area contributed by atoms with E-state index in [2.05, 4.69) is 4.98 Å². The Morgan fingerprint density at radius 1 is 1.15 bits per heavy atom. The summed E-state index contributed by atoms with van der Waals surface area (Å²) in [4.78, 5) is 4.09. The smallest absolute Gasteiger partial charge is 0.126 e. The van der Waals surface area contributed by atoms with E-state index in [1.807, 2.05) is 6.07 Å². The Balaban J connectivity index is 2.00. The summed E-state index contributed by atoms with van der Waals surface area (Å²) in [6.07, 6.45) is 1.10. The standard InChI is InChI=1S/C15H16F2N2O/c16-11-4-5-13(17)10(7-11)8-14(18)15(20)9-12-3-1-2-6-19-12/h1-7,14-15,20H,8-9,18H2/t14-,15+/m1/s1. The zero-order valence-electron chi connectivity index (χ0n) is 10.8. The number of nitrogens with zero attached hydrogens (tertiary/aromatic N) is 1. The van der Waals surface area contributed by atoms with Crippen LogP contribution in [0, 0.1) is 11.6 Å². The van der Waals surface area contributed by atoms with Crippen molar-refractivity contribution < 1.29 is 13.9 Å². The number of aliphatic hydroxyl groups is 1. The van der Waals surface area contributed by atoms with Gasteiger partial charge in [-0.15, -0.1) is 0 Å². The molecule has 0 radical (unpaired) electrons. The molecule has 5 heteroatoms. The average Bonchev–Trinajstić information content (AvgIpc) is 2.44. The van der Waals surface area contributed by atoms with Gasteiger partial charge in [-0.2, -0.15) is 0 Å². The summed E-state index contributed by atoms with van der Waals surface area (Å²) in [6, 6.07) is 7.89. The third-order valence-electron chi connectivity index (χ3n) is 3.10. The molecule has 0 bridgehead atoms. The third kappa shape index (κ3) is 3.82. The Morgan fingerprint density at radius 3 is 2.65 bits per heavy atom. The van der Waals surface area contributed by atoms with Gasteiger partial charge < -0.3 is 10.8 Å². The van der Waals surface area contributed by atoms with Gasteiger partial charge in [-0.25, -0.2) is 8.78 Å². The largest absolute Gasteiger partial charge is 0.391 e. The molecule has 2 atom stereocenters. The predicted molar refractivity (Wildman–Crippen MR) is 72.0 cm³/mol. The van der Waals surface area contributed by atoms with Crippen LogP contribution in [-0.4, -0.2) is 22.2 Å². The zero-order chi connectivity index (χ0) is 14.5. The Kier molecular flexibility index (Phi) is 4.76. The molecule has 0 fully saturated rings. The van der Waals surface area contributed by atoms with Gasteiger partial charge in [0, 0.05) is 24.4 Å². The van der Waals surface area contributed by atoms with E-state index >= 15 is 0 Å². The summed E-state index contributed by atoms with van der Waals surface area (Å²) in [7, 11) is 0.